The van der Waals surface area contributed by atoms with Gasteiger partial charge in [0.2, 0.25) is 0 Å². The number of aliphatic imine (C=N–C) groups is 1. The predicted octanol–water partition coefficient (Wildman–Crippen LogP) is 3.29. The quantitative estimate of drug-likeness (QED) is 0.463. The molecule has 120 valence electrons. The van der Waals surface area contributed by atoms with E-state index in [1.807, 2.05) is 36.5 Å². The zero-order valence-corrected chi connectivity index (χ0v) is 13.0. The Bertz CT molecular complexity index is 1180. The van der Waals surface area contributed by atoms with Crippen molar-refractivity contribution < 1.29 is 10.2 Å². The molecule has 6 heteroatoms. The lowest BCUT2D eigenvalue weighted by Crippen LogP contribution is -2.03. The van der Waals surface area contributed by atoms with E-state index in [4.69, 9.17) is 4.99 Å². The van der Waals surface area contributed by atoms with Gasteiger partial charge < -0.3 is 10.2 Å². The van der Waals surface area contributed by atoms with Crippen LogP contribution in [0.4, 0.5) is 5.69 Å². The summed E-state index contributed by atoms with van der Waals surface area (Å²) in [7, 11) is 0. The molecule has 0 radical (unpaired) electrons. The van der Waals surface area contributed by atoms with E-state index in [1.54, 1.807) is 10.6 Å². The van der Waals surface area contributed by atoms with Crippen molar-refractivity contribution in [2.45, 2.75) is 0 Å². The molecule has 3 heterocycles. The first-order valence-electron chi connectivity index (χ1n) is 7.75. The number of rotatable bonds is 1. The Labute approximate surface area is 142 Å². The number of aromatic nitrogens is 3. The molecular formula is C19H12N4O2. The maximum absolute atomic E-state index is 9.90. The van der Waals surface area contributed by atoms with Crippen molar-refractivity contribution in [2.75, 3.05) is 0 Å². The molecular weight excluding hydrogens is 316 g/mol. The lowest BCUT2D eigenvalue weighted by molar-refractivity contribution is 0.403. The summed E-state index contributed by atoms with van der Waals surface area (Å²) < 4.78 is 1.77. The van der Waals surface area contributed by atoms with Crippen molar-refractivity contribution in [3.05, 3.63) is 72.2 Å². The van der Waals surface area contributed by atoms with Gasteiger partial charge in [0.15, 0.2) is 11.5 Å². The van der Waals surface area contributed by atoms with Gasteiger partial charge in [-0.2, -0.15) is 5.10 Å². The minimum atomic E-state index is -0.183. The van der Waals surface area contributed by atoms with Crippen LogP contribution in [0.25, 0.3) is 16.8 Å². The fraction of sp³-hybridized carbons (Fsp3) is 0. The van der Waals surface area contributed by atoms with Crippen molar-refractivity contribution >= 4 is 16.9 Å². The van der Waals surface area contributed by atoms with Crippen LogP contribution in [0.1, 0.15) is 11.1 Å². The molecule has 1 aliphatic rings. The van der Waals surface area contributed by atoms with E-state index < -0.39 is 0 Å². The number of nitrogens with zero attached hydrogens (tertiary/aromatic N) is 4. The van der Waals surface area contributed by atoms with Crippen LogP contribution in [0.2, 0.25) is 0 Å². The van der Waals surface area contributed by atoms with Gasteiger partial charge in [-0.15, -0.1) is 0 Å². The molecule has 0 unspecified atom stereocenters. The molecule has 0 saturated carbocycles. The third-order valence-electron chi connectivity index (χ3n) is 4.35. The molecule has 0 spiro atoms. The summed E-state index contributed by atoms with van der Waals surface area (Å²) in [6.45, 7) is 0. The Hall–Kier alpha value is -3.67. The molecule has 0 fully saturated rings. The van der Waals surface area contributed by atoms with Crippen molar-refractivity contribution in [3.63, 3.8) is 0 Å². The van der Waals surface area contributed by atoms with E-state index in [-0.39, 0.29) is 11.5 Å². The summed E-state index contributed by atoms with van der Waals surface area (Å²) in [4.78, 5) is 9.31. The molecule has 4 aromatic rings. The summed E-state index contributed by atoms with van der Waals surface area (Å²) in [5.74, 6) is -0.346. The fourth-order valence-corrected chi connectivity index (χ4v) is 3.19. The fourth-order valence-electron chi connectivity index (χ4n) is 3.19. The molecule has 1 aliphatic heterocycles. The Morgan fingerprint density at radius 1 is 0.880 bits per heavy atom. The van der Waals surface area contributed by atoms with Crippen LogP contribution in [0.5, 0.6) is 11.5 Å². The predicted molar refractivity (Wildman–Crippen MR) is 93.5 cm³/mol. The Morgan fingerprint density at radius 2 is 1.76 bits per heavy atom. The monoisotopic (exact) mass is 328 g/mol. The standard InChI is InChI=1S/C19H12N4O2/c24-15-6-5-11(9-16(15)25)17-13-7-8-23-19(13)18(20-10-21-23)12-3-1-2-4-14(12)22-17/h1-10,24-25H. The van der Waals surface area contributed by atoms with Crippen molar-refractivity contribution in [3.8, 4) is 22.8 Å². The second-order valence-electron chi connectivity index (χ2n) is 5.81. The Morgan fingerprint density at radius 3 is 2.64 bits per heavy atom. The highest BCUT2D eigenvalue weighted by molar-refractivity contribution is 6.20. The van der Waals surface area contributed by atoms with Gasteiger partial charge in [0.25, 0.3) is 0 Å². The maximum atomic E-state index is 9.90. The maximum Gasteiger partial charge on any atom is 0.158 e. The van der Waals surface area contributed by atoms with E-state index in [1.165, 1.54) is 18.5 Å². The van der Waals surface area contributed by atoms with Gasteiger partial charge in [-0.3, -0.25) is 0 Å². The van der Waals surface area contributed by atoms with Gasteiger partial charge in [0, 0.05) is 22.9 Å². The topological polar surface area (TPSA) is 83.0 Å². The first-order valence-corrected chi connectivity index (χ1v) is 7.75. The van der Waals surface area contributed by atoms with Gasteiger partial charge in [0.05, 0.1) is 11.4 Å². The number of phenols is 2. The first-order chi connectivity index (χ1) is 12.2. The normalized spacial score (nSPS) is 12.6. The summed E-state index contributed by atoms with van der Waals surface area (Å²) in [6, 6.07) is 14.4. The molecule has 2 aromatic heterocycles. The van der Waals surface area contributed by atoms with E-state index in [2.05, 4.69) is 10.1 Å². The lowest BCUT2D eigenvalue weighted by atomic mass is 10.0. The number of para-hydroxylation sites is 1. The van der Waals surface area contributed by atoms with Gasteiger partial charge in [0.1, 0.15) is 17.5 Å². The highest BCUT2D eigenvalue weighted by Crippen LogP contribution is 2.38. The second-order valence-corrected chi connectivity index (χ2v) is 5.81. The third-order valence-corrected chi connectivity index (χ3v) is 4.35. The van der Waals surface area contributed by atoms with Crippen LogP contribution >= 0.6 is 0 Å². The van der Waals surface area contributed by atoms with Crippen molar-refractivity contribution in [2.24, 2.45) is 4.99 Å². The van der Waals surface area contributed by atoms with E-state index >= 15 is 0 Å². The van der Waals surface area contributed by atoms with Crippen LogP contribution in [-0.2, 0) is 0 Å². The van der Waals surface area contributed by atoms with Gasteiger partial charge >= 0.3 is 0 Å². The SMILES string of the molecule is Oc1ccc(C2=Nc3ccccc3-c3ncnn4ccc2c34)cc1O. The molecule has 25 heavy (non-hydrogen) atoms. The summed E-state index contributed by atoms with van der Waals surface area (Å²) in [5.41, 5.74) is 5.66. The number of hydrogen-bond donors (Lipinski definition) is 2. The number of phenolic OH excluding ortho intramolecular Hbond substituents is 2. The average Bonchev–Trinajstić information content (AvgIpc) is 3.00. The van der Waals surface area contributed by atoms with Crippen LogP contribution in [-0.4, -0.2) is 30.5 Å². The molecule has 0 aliphatic carbocycles. The van der Waals surface area contributed by atoms with E-state index in [9.17, 15) is 10.2 Å². The van der Waals surface area contributed by atoms with E-state index in [0.29, 0.717) is 11.3 Å². The summed E-state index contributed by atoms with van der Waals surface area (Å²) in [5, 5.41) is 23.8. The second kappa shape index (κ2) is 4.91. The minimum absolute atomic E-state index is 0.163. The van der Waals surface area contributed by atoms with Crippen LogP contribution in [0, 0.1) is 0 Å². The van der Waals surface area contributed by atoms with Crippen molar-refractivity contribution in [1.29, 1.82) is 0 Å². The van der Waals surface area contributed by atoms with Gasteiger partial charge in [-0.05, 0) is 30.3 Å². The zero-order chi connectivity index (χ0) is 17.0. The van der Waals surface area contributed by atoms with Crippen LogP contribution in [0.3, 0.4) is 0 Å². The zero-order valence-electron chi connectivity index (χ0n) is 13.0. The van der Waals surface area contributed by atoms with Gasteiger partial charge in [-0.1, -0.05) is 18.2 Å². The molecule has 5 rings (SSSR count). The largest absolute Gasteiger partial charge is 0.504 e. The lowest BCUT2D eigenvalue weighted by Gasteiger charge is -2.07. The van der Waals surface area contributed by atoms with E-state index in [0.717, 1.165) is 28.0 Å². The van der Waals surface area contributed by atoms with Crippen LogP contribution < -0.4 is 0 Å². The average molecular weight is 328 g/mol. The molecule has 0 atom stereocenters. The smallest absolute Gasteiger partial charge is 0.158 e. The van der Waals surface area contributed by atoms with Gasteiger partial charge in [-0.25, -0.2) is 14.5 Å². The summed E-state index contributed by atoms with van der Waals surface area (Å²) in [6.07, 6.45) is 3.39. The Balaban J connectivity index is 1.90. The number of aromatic hydroxyl groups is 2. The highest BCUT2D eigenvalue weighted by Gasteiger charge is 2.23. The number of hydrogen-bond acceptors (Lipinski definition) is 5. The first kappa shape index (κ1) is 13.7. The molecule has 0 amide bonds. The van der Waals surface area contributed by atoms with Crippen LogP contribution in [0.15, 0.2) is 66.0 Å². The number of benzene rings is 2. The Kier molecular flexibility index (Phi) is 2.70. The molecule has 6 nitrogen and oxygen atoms in total. The number of fused-ring (bicyclic) bond motifs is 2. The minimum Gasteiger partial charge on any atom is -0.504 e. The molecule has 0 saturated heterocycles. The third kappa shape index (κ3) is 1.94. The highest BCUT2D eigenvalue weighted by atomic mass is 16.3. The van der Waals surface area contributed by atoms with Crippen molar-refractivity contribution in [1.82, 2.24) is 14.6 Å². The molecule has 2 N–H and O–H groups in total. The molecule has 2 aromatic carbocycles. The molecule has 0 bridgehead atoms. The summed E-state index contributed by atoms with van der Waals surface area (Å²) >= 11 is 0.